The van der Waals surface area contributed by atoms with E-state index in [2.05, 4.69) is 22.1 Å². The number of carboxylic acid groups (broad SMARTS) is 1. The first-order chi connectivity index (χ1) is 12.8. The smallest absolute Gasteiger partial charge is 0.303 e. The summed E-state index contributed by atoms with van der Waals surface area (Å²) in [5.74, 6) is -0.505. The van der Waals surface area contributed by atoms with E-state index < -0.39 is 11.9 Å². The van der Waals surface area contributed by atoms with Gasteiger partial charge in [0.2, 0.25) is 0 Å². The molecule has 0 radical (unpaired) electrons. The van der Waals surface area contributed by atoms with E-state index in [-0.39, 0.29) is 12.1 Å². The molecular formula is C21H25N3O3. The summed E-state index contributed by atoms with van der Waals surface area (Å²) in [5, 5.41) is 8.94. The van der Waals surface area contributed by atoms with Gasteiger partial charge < -0.3 is 10.8 Å². The van der Waals surface area contributed by atoms with Gasteiger partial charge in [0.1, 0.15) is 5.69 Å². The van der Waals surface area contributed by atoms with Crippen molar-refractivity contribution in [3.63, 3.8) is 0 Å². The number of carbonyl (C=O) groups is 2. The molecule has 1 amide bonds. The number of aromatic nitrogens is 2. The van der Waals surface area contributed by atoms with E-state index in [0.717, 1.165) is 36.9 Å². The molecular weight excluding hydrogens is 342 g/mol. The lowest BCUT2D eigenvalue weighted by atomic mass is 9.77. The molecule has 0 atom stereocenters. The van der Waals surface area contributed by atoms with E-state index in [1.165, 1.54) is 5.56 Å². The van der Waals surface area contributed by atoms with Crippen LogP contribution in [0.5, 0.6) is 0 Å². The Morgan fingerprint density at radius 2 is 1.67 bits per heavy atom. The van der Waals surface area contributed by atoms with Crippen LogP contribution >= 0.6 is 0 Å². The van der Waals surface area contributed by atoms with Gasteiger partial charge >= 0.3 is 5.97 Å². The van der Waals surface area contributed by atoms with Crippen LogP contribution in [0.2, 0.25) is 0 Å². The molecule has 1 aliphatic rings. The van der Waals surface area contributed by atoms with Crippen LogP contribution in [0.1, 0.15) is 65.5 Å². The third kappa shape index (κ3) is 4.32. The van der Waals surface area contributed by atoms with Gasteiger partial charge in [0.25, 0.3) is 5.91 Å². The summed E-state index contributed by atoms with van der Waals surface area (Å²) in [5.41, 5.74) is 9.75. The molecule has 1 saturated carbocycles. The molecule has 0 saturated heterocycles. The summed E-state index contributed by atoms with van der Waals surface area (Å²) < 4.78 is 0. The number of hydrogen-bond acceptors (Lipinski definition) is 4. The van der Waals surface area contributed by atoms with Crippen molar-refractivity contribution in [3.05, 3.63) is 46.9 Å². The number of amides is 1. The lowest BCUT2D eigenvalue weighted by molar-refractivity contribution is -0.138. The highest BCUT2D eigenvalue weighted by Crippen LogP contribution is 2.37. The first-order valence-corrected chi connectivity index (χ1v) is 9.32. The Morgan fingerprint density at radius 3 is 2.22 bits per heavy atom. The molecule has 1 aromatic heterocycles. The maximum absolute atomic E-state index is 11.6. The number of nitrogens with zero attached hydrogens (tertiary/aromatic N) is 2. The molecule has 1 heterocycles. The van der Waals surface area contributed by atoms with E-state index >= 15 is 0 Å². The normalized spacial score (nSPS) is 19.6. The molecule has 6 nitrogen and oxygen atoms in total. The Balaban J connectivity index is 1.76. The Bertz CT molecular complexity index is 854. The second kappa shape index (κ2) is 7.86. The van der Waals surface area contributed by atoms with Crippen molar-refractivity contribution in [2.75, 3.05) is 0 Å². The molecule has 3 rings (SSSR count). The van der Waals surface area contributed by atoms with Crippen LogP contribution in [-0.2, 0) is 4.79 Å². The molecule has 142 valence electrons. The van der Waals surface area contributed by atoms with Gasteiger partial charge in [0, 0.05) is 12.0 Å². The number of aliphatic carboxylic acids is 1. The second-order valence-electron chi connectivity index (χ2n) is 7.39. The van der Waals surface area contributed by atoms with Crippen LogP contribution in [0, 0.1) is 19.8 Å². The van der Waals surface area contributed by atoms with Gasteiger partial charge in [-0.15, -0.1) is 0 Å². The third-order valence-electron chi connectivity index (χ3n) is 5.44. The lowest BCUT2D eigenvalue weighted by Gasteiger charge is -2.28. The summed E-state index contributed by atoms with van der Waals surface area (Å²) >= 11 is 0. The molecule has 3 N–H and O–H groups in total. The highest BCUT2D eigenvalue weighted by Gasteiger charge is 2.24. The Kier molecular flexibility index (Phi) is 5.54. The van der Waals surface area contributed by atoms with Crippen molar-refractivity contribution in [2.45, 2.75) is 51.9 Å². The van der Waals surface area contributed by atoms with Gasteiger partial charge in [0.15, 0.2) is 0 Å². The zero-order chi connectivity index (χ0) is 19.6. The van der Waals surface area contributed by atoms with E-state index in [9.17, 15) is 9.59 Å². The number of benzene rings is 1. The third-order valence-corrected chi connectivity index (χ3v) is 5.44. The first kappa shape index (κ1) is 19.0. The highest BCUT2D eigenvalue weighted by atomic mass is 16.4. The Labute approximate surface area is 158 Å². The fraction of sp³-hybridized carbons (Fsp3) is 0.429. The molecule has 1 aromatic carbocycles. The lowest BCUT2D eigenvalue weighted by Crippen LogP contribution is -2.17. The monoisotopic (exact) mass is 367 g/mol. The molecule has 0 bridgehead atoms. The summed E-state index contributed by atoms with van der Waals surface area (Å²) in [7, 11) is 0. The highest BCUT2D eigenvalue weighted by molar-refractivity contribution is 5.92. The summed E-state index contributed by atoms with van der Waals surface area (Å²) in [6, 6.07) is 8.22. The molecule has 2 aromatic rings. The maximum atomic E-state index is 11.6. The quantitative estimate of drug-likeness (QED) is 0.839. The number of primary amides is 1. The molecule has 0 spiro atoms. The van der Waals surface area contributed by atoms with Crippen LogP contribution in [0.3, 0.4) is 0 Å². The average molecular weight is 367 g/mol. The zero-order valence-corrected chi connectivity index (χ0v) is 15.7. The maximum Gasteiger partial charge on any atom is 0.303 e. The molecule has 0 unspecified atom stereocenters. The largest absolute Gasteiger partial charge is 0.481 e. The van der Waals surface area contributed by atoms with E-state index in [0.29, 0.717) is 23.2 Å². The standard InChI is InChI=1S/C21H25N3O3/c1-12-19(24-20(21(22)27)13(2)23-12)17-9-7-16(8-10-17)15-5-3-14(4-6-15)11-18(25)26/h7-10,14-15H,3-6,11H2,1-2H3,(H2,22,27)(H,25,26)/t14-,15+. The first-order valence-electron chi connectivity index (χ1n) is 9.32. The van der Waals surface area contributed by atoms with E-state index in [1.807, 2.05) is 19.1 Å². The van der Waals surface area contributed by atoms with Gasteiger partial charge in [-0.25, -0.2) is 4.98 Å². The number of carboxylic acids is 1. The van der Waals surface area contributed by atoms with Crippen molar-refractivity contribution < 1.29 is 14.7 Å². The average Bonchev–Trinajstić information content (AvgIpc) is 2.62. The van der Waals surface area contributed by atoms with Gasteiger partial charge in [-0.3, -0.25) is 14.6 Å². The predicted molar refractivity (Wildman–Crippen MR) is 102 cm³/mol. The van der Waals surface area contributed by atoms with Gasteiger partial charge in [0.05, 0.1) is 17.1 Å². The van der Waals surface area contributed by atoms with E-state index in [1.54, 1.807) is 6.92 Å². The topological polar surface area (TPSA) is 106 Å². The molecule has 1 aliphatic carbocycles. The fourth-order valence-corrected chi connectivity index (χ4v) is 4.00. The number of carbonyl (C=O) groups excluding carboxylic acids is 1. The summed E-state index contributed by atoms with van der Waals surface area (Å²) in [4.78, 5) is 31.3. The van der Waals surface area contributed by atoms with Gasteiger partial charge in [-0.1, -0.05) is 24.3 Å². The predicted octanol–water partition coefficient (Wildman–Crippen LogP) is 3.61. The van der Waals surface area contributed by atoms with Crippen LogP contribution in [0.4, 0.5) is 0 Å². The van der Waals surface area contributed by atoms with Crippen molar-refractivity contribution in [3.8, 4) is 11.3 Å². The van der Waals surface area contributed by atoms with Crippen LogP contribution < -0.4 is 5.73 Å². The number of hydrogen-bond donors (Lipinski definition) is 2. The second-order valence-corrected chi connectivity index (χ2v) is 7.39. The van der Waals surface area contributed by atoms with Crippen molar-refractivity contribution in [1.29, 1.82) is 0 Å². The van der Waals surface area contributed by atoms with Crippen LogP contribution in [0.25, 0.3) is 11.3 Å². The van der Waals surface area contributed by atoms with E-state index in [4.69, 9.17) is 10.8 Å². The van der Waals surface area contributed by atoms with Crippen molar-refractivity contribution in [2.24, 2.45) is 11.7 Å². The Hall–Kier alpha value is -2.76. The summed E-state index contributed by atoms with van der Waals surface area (Å²) in [6.45, 7) is 3.60. The number of rotatable bonds is 5. The minimum atomic E-state index is -0.701. The van der Waals surface area contributed by atoms with Crippen LogP contribution in [0.15, 0.2) is 24.3 Å². The van der Waals surface area contributed by atoms with Gasteiger partial charge in [-0.05, 0) is 56.9 Å². The molecule has 27 heavy (non-hydrogen) atoms. The SMILES string of the molecule is Cc1nc(C)c(-c2ccc([C@H]3CC[C@@H](CC(=O)O)CC3)cc2)nc1C(N)=O. The molecule has 0 aliphatic heterocycles. The molecule has 6 heteroatoms. The number of nitrogens with two attached hydrogens (primary N) is 1. The Morgan fingerprint density at radius 1 is 1.04 bits per heavy atom. The number of aryl methyl sites for hydroxylation is 2. The van der Waals surface area contributed by atoms with Crippen LogP contribution in [-0.4, -0.2) is 27.0 Å². The molecule has 1 fully saturated rings. The summed E-state index contributed by atoms with van der Waals surface area (Å²) in [6.07, 6.45) is 4.24. The minimum absolute atomic E-state index is 0.205. The zero-order valence-electron chi connectivity index (χ0n) is 15.7. The van der Waals surface area contributed by atoms with Gasteiger partial charge in [-0.2, -0.15) is 0 Å². The van der Waals surface area contributed by atoms with Crippen molar-refractivity contribution in [1.82, 2.24) is 9.97 Å². The fourth-order valence-electron chi connectivity index (χ4n) is 4.00. The minimum Gasteiger partial charge on any atom is -0.481 e. The van der Waals surface area contributed by atoms with Crippen molar-refractivity contribution >= 4 is 11.9 Å².